The molecular formula is C7H13NO2. The highest BCUT2D eigenvalue weighted by Crippen LogP contribution is 2.35. The van der Waals surface area contributed by atoms with Crippen molar-refractivity contribution < 1.29 is 9.90 Å². The van der Waals surface area contributed by atoms with Crippen LogP contribution in [0.25, 0.3) is 0 Å². The quantitative estimate of drug-likeness (QED) is 0.594. The van der Waals surface area contributed by atoms with Crippen LogP contribution in [0.15, 0.2) is 0 Å². The summed E-state index contributed by atoms with van der Waals surface area (Å²) in [6, 6.07) is 0. The summed E-state index contributed by atoms with van der Waals surface area (Å²) >= 11 is 0. The Morgan fingerprint density at radius 1 is 1.70 bits per heavy atom. The minimum atomic E-state index is -0.776. The number of carboxylic acids is 1. The van der Waals surface area contributed by atoms with E-state index in [-0.39, 0.29) is 5.92 Å². The van der Waals surface area contributed by atoms with Gasteiger partial charge in [-0.2, -0.15) is 0 Å². The van der Waals surface area contributed by atoms with Crippen molar-refractivity contribution in [2.45, 2.75) is 31.7 Å². The molecule has 0 saturated heterocycles. The fourth-order valence-electron chi connectivity index (χ4n) is 1.26. The van der Waals surface area contributed by atoms with E-state index < -0.39 is 11.5 Å². The zero-order chi connectivity index (χ0) is 7.78. The minimum absolute atomic E-state index is 0.388. The predicted molar refractivity (Wildman–Crippen MR) is 37.6 cm³/mol. The van der Waals surface area contributed by atoms with Crippen LogP contribution in [-0.2, 0) is 4.79 Å². The molecule has 0 aromatic carbocycles. The molecule has 1 aliphatic rings. The Morgan fingerprint density at radius 2 is 2.20 bits per heavy atom. The maximum Gasteiger partial charge on any atom is 0.308 e. The second-order valence-electron chi connectivity index (χ2n) is 3.15. The van der Waals surface area contributed by atoms with E-state index in [1.165, 1.54) is 0 Å². The molecule has 0 aromatic rings. The van der Waals surface area contributed by atoms with E-state index in [1.807, 2.05) is 0 Å². The van der Waals surface area contributed by atoms with Crippen molar-refractivity contribution >= 4 is 5.97 Å². The highest BCUT2D eigenvalue weighted by atomic mass is 16.4. The number of hydrogen-bond donors (Lipinski definition) is 2. The van der Waals surface area contributed by atoms with Crippen LogP contribution in [0, 0.1) is 5.92 Å². The van der Waals surface area contributed by atoms with E-state index in [2.05, 4.69) is 0 Å². The molecule has 1 rings (SSSR count). The van der Waals surface area contributed by atoms with Gasteiger partial charge in [0.1, 0.15) is 0 Å². The first-order chi connectivity index (χ1) is 4.56. The van der Waals surface area contributed by atoms with Crippen molar-refractivity contribution in [3.05, 3.63) is 0 Å². The Bertz CT molecular complexity index is 152. The average Bonchev–Trinajstić information content (AvgIpc) is 1.81. The largest absolute Gasteiger partial charge is 0.481 e. The van der Waals surface area contributed by atoms with Gasteiger partial charge in [0, 0.05) is 5.54 Å². The first kappa shape index (κ1) is 7.54. The molecule has 1 fully saturated rings. The molecule has 0 aliphatic heterocycles. The van der Waals surface area contributed by atoms with Gasteiger partial charge in [0.15, 0.2) is 0 Å². The molecule has 3 N–H and O–H groups in total. The highest BCUT2D eigenvalue weighted by molar-refractivity contribution is 5.71. The highest BCUT2D eigenvalue weighted by Gasteiger charge is 2.41. The molecule has 10 heavy (non-hydrogen) atoms. The zero-order valence-corrected chi connectivity index (χ0v) is 6.13. The third kappa shape index (κ3) is 1.01. The van der Waals surface area contributed by atoms with Crippen LogP contribution in [0.1, 0.15) is 26.2 Å². The van der Waals surface area contributed by atoms with Crippen molar-refractivity contribution in [3.8, 4) is 0 Å². The summed E-state index contributed by atoms with van der Waals surface area (Å²) in [6.45, 7) is 1.68. The SMILES string of the molecule is CC(C(=O)O)C1(N)CCC1. The molecule has 0 radical (unpaired) electrons. The van der Waals surface area contributed by atoms with E-state index in [1.54, 1.807) is 6.92 Å². The van der Waals surface area contributed by atoms with Gasteiger partial charge in [-0.1, -0.05) is 6.92 Å². The van der Waals surface area contributed by atoms with Crippen LogP contribution in [0.4, 0.5) is 0 Å². The lowest BCUT2D eigenvalue weighted by Gasteiger charge is -2.41. The molecule has 0 spiro atoms. The van der Waals surface area contributed by atoms with Gasteiger partial charge in [-0.15, -0.1) is 0 Å². The number of carbonyl (C=O) groups is 1. The summed E-state index contributed by atoms with van der Waals surface area (Å²) in [6.07, 6.45) is 2.80. The topological polar surface area (TPSA) is 63.3 Å². The van der Waals surface area contributed by atoms with Crippen LogP contribution in [-0.4, -0.2) is 16.6 Å². The number of aliphatic carboxylic acids is 1. The first-order valence-electron chi connectivity index (χ1n) is 3.58. The first-order valence-corrected chi connectivity index (χ1v) is 3.58. The standard InChI is InChI=1S/C7H13NO2/c1-5(6(9)10)7(8)3-2-4-7/h5H,2-4,8H2,1H3,(H,9,10). The van der Waals surface area contributed by atoms with E-state index >= 15 is 0 Å². The summed E-state index contributed by atoms with van der Waals surface area (Å²) in [5.41, 5.74) is 5.37. The molecule has 0 bridgehead atoms. The molecule has 3 nitrogen and oxygen atoms in total. The molecule has 58 valence electrons. The molecule has 0 amide bonds. The van der Waals surface area contributed by atoms with Gasteiger partial charge in [0.2, 0.25) is 0 Å². The average molecular weight is 143 g/mol. The third-order valence-electron chi connectivity index (χ3n) is 2.52. The van der Waals surface area contributed by atoms with E-state index in [0.29, 0.717) is 0 Å². The molecule has 1 aliphatic carbocycles. The van der Waals surface area contributed by atoms with Gasteiger partial charge in [-0.25, -0.2) is 0 Å². The van der Waals surface area contributed by atoms with Crippen LogP contribution in [0.2, 0.25) is 0 Å². The van der Waals surface area contributed by atoms with Gasteiger partial charge >= 0.3 is 5.97 Å². The molecule has 0 aromatic heterocycles. The number of hydrogen-bond acceptors (Lipinski definition) is 2. The minimum Gasteiger partial charge on any atom is -0.481 e. The smallest absolute Gasteiger partial charge is 0.308 e. The third-order valence-corrected chi connectivity index (χ3v) is 2.52. The van der Waals surface area contributed by atoms with Crippen LogP contribution in [0.5, 0.6) is 0 Å². The van der Waals surface area contributed by atoms with Crippen LogP contribution < -0.4 is 5.73 Å². The molecule has 0 heterocycles. The van der Waals surface area contributed by atoms with Crippen molar-refractivity contribution in [2.75, 3.05) is 0 Å². The van der Waals surface area contributed by atoms with E-state index in [4.69, 9.17) is 10.8 Å². The van der Waals surface area contributed by atoms with Gasteiger partial charge in [-0.05, 0) is 19.3 Å². The summed E-state index contributed by atoms with van der Waals surface area (Å²) < 4.78 is 0. The molecular weight excluding hydrogens is 130 g/mol. The summed E-state index contributed by atoms with van der Waals surface area (Å²) in [4.78, 5) is 10.5. The Hall–Kier alpha value is -0.570. The number of rotatable bonds is 2. The second kappa shape index (κ2) is 2.23. The van der Waals surface area contributed by atoms with Crippen molar-refractivity contribution in [1.29, 1.82) is 0 Å². The van der Waals surface area contributed by atoms with Crippen molar-refractivity contribution in [1.82, 2.24) is 0 Å². The van der Waals surface area contributed by atoms with Gasteiger partial charge in [-0.3, -0.25) is 4.79 Å². The molecule has 1 saturated carbocycles. The molecule has 1 unspecified atom stereocenters. The fraction of sp³-hybridized carbons (Fsp3) is 0.857. The van der Waals surface area contributed by atoms with Gasteiger partial charge < -0.3 is 10.8 Å². The molecule has 3 heteroatoms. The van der Waals surface area contributed by atoms with Gasteiger partial charge in [0.05, 0.1) is 5.92 Å². The summed E-state index contributed by atoms with van der Waals surface area (Å²) in [5.74, 6) is -1.16. The number of nitrogens with two attached hydrogens (primary N) is 1. The van der Waals surface area contributed by atoms with Crippen LogP contribution >= 0.6 is 0 Å². The molecule has 1 atom stereocenters. The lowest BCUT2D eigenvalue weighted by Crippen LogP contribution is -2.54. The summed E-state index contributed by atoms with van der Waals surface area (Å²) in [7, 11) is 0. The Kier molecular flexibility index (Phi) is 1.68. The van der Waals surface area contributed by atoms with Crippen molar-refractivity contribution in [2.24, 2.45) is 11.7 Å². The van der Waals surface area contributed by atoms with E-state index in [0.717, 1.165) is 19.3 Å². The maximum atomic E-state index is 10.5. The predicted octanol–water partition coefficient (Wildman–Crippen LogP) is 0.588. The Labute approximate surface area is 60.2 Å². The monoisotopic (exact) mass is 143 g/mol. The van der Waals surface area contributed by atoms with Crippen molar-refractivity contribution in [3.63, 3.8) is 0 Å². The lowest BCUT2D eigenvalue weighted by molar-refractivity contribution is -0.144. The van der Waals surface area contributed by atoms with Crippen LogP contribution in [0.3, 0.4) is 0 Å². The normalized spacial score (nSPS) is 25.0. The summed E-state index contributed by atoms with van der Waals surface area (Å²) in [5, 5.41) is 8.60. The van der Waals surface area contributed by atoms with E-state index in [9.17, 15) is 4.79 Å². The lowest BCUT2D eigenvalue weighted by atomic mass is 9.69. The fourth-order valence-corrected chi connectivity index (χ4v) is 1.26. The Morgan fingerprint density at radius 3 is 2.30 bits per heavy atom. The zero-order valence-electron chi connectivity index (χ0n) is 6.13. The number of carboxylic acid groups (broad SMARTS) is 1. The Balaban J connectivity index is 2.54. The van der Waals surface area contributed by atoms with Gasteiger partial charge in [0.25, 0.3) is 0 Å². The maximum absolute atomic E-state index is 10.5. The second-order valence-corrected chi connectivity index (χ2v) is 3.15.